The van der Waals surface area contributed by atoms with Crippen molar-refractivity contribution in [3.05, 3.63) is 11.6 Å². The van der Waals surface area contributed by atoms with Crippen molar-refractivity contribution in [1.82, 2.24) is 0 Å². The molecule has 0 rings (SSSR count). The third kappa shape index (κ3) is 4.57. The molecule has 0 unspecified atom stereocenters. The topological polar surface area (TPSA) is 20.2 Å². The molecule has 0 radical (unpaired) electrons. The van der Waals surface area contributed by atoms with Crippen molar-refractivity contribution in [2.24, 2.45) is 0 Å². The molecule has 0 aromatic heterocycles. The van der Waals surface area contributed by atoms with Crippen LogP contribution >= 0.6 is 0 Å². The van der Waals surface area contributed by atoms with Gasteiger partial charge in [0.1, 0.15) is 0 Å². The highest BCUT2D eigenvalue weighted by Gasteiger charge is 1.93. The standard InChI is InChI=1S/C9H18O/c1-3-5-6-9(4-2)7-8-10/h4,10H,3,5-8H2,1-2H3/b9-4-. The summed E-state index contributed by atoms with van der Waals surface area (Å²) >= 11 is 0. The second-order valence-electron chi connectivity index (χ2n) is 2.52. The zero-order chi connectivity index (χ0) is 7.82. The fraction of sp³-hybridized carbons (Fsp3) is 0.778. The Balaban J connectivity index is 3.41. The fourth-order valence-corrected chi connectivity index (χ4v) is 0.961. The highest BCUT2D eigenvalue weighted by atomic mass is 16.2. The molecule has 0 aromatic carbocycles. The molecule has 0 saturated carbocycles. The van der Waals surface area contributed by atoms with Gasteiger partial charge in [0.25, 0.3) is 0 Å². The minimum atomic E-state index is 0.295. The third-order valence-electron chi connectivity index (χ3n) is 1.69. The van der Waals surface area contributed by atoms with E-state index in [1.807, 2.05) is 6.92 Å². The molecule has 60 valence electrons. The Morgan fingerprint density at radius 1 is 1.40 bits per heavy atom. The van der Waals surface area contributed by atoms with Crippen molar-refractivity contribution in [3.63, 3.8) is 0 Å². The number of allylic oxidation sites excluding steroid dienone is 1. The summed E-state index contributed by atoms with van der Waals surface area (Å²) in [6.07, 6.45) is 6.62. The Labute approximate surface area is 63.8 Å². The Kier molecular flexibility index (Phi) is 6.61. The average molecular weight is 142 g/mol. The van der Waals surface area contributed by atoms with Gasteiger partial charge in [-0.3, -0.25) is 0 Å². The van der Waals surface area contributed by atoms with Crippen molar-refractivity contribution >= 4 is 0 Å². The minimum Gasteiger partial charge on any atom is -0.396 e. The lowest BCUT2D eigenvalue weighted by molar-refractivity contribution is 0.297. The molecule has 0 aliphatic heterocycles. The lowest BCUT2D eigenvalue weighted by Gasteiger charge is -2.02. The van der Waals surface area contributed by atoms with Crippen molar-refractivity contribution in [1.29, 1.82) is 0 Å². The monoisotopic (exact) mass is 142 g/mol. The van der Waals surface area contributed by atoms with Crippen LogP contribution in [0.25, 0.3) is 0 Å². The summed E-state index contributed by atoms with van der Waals surface area (Å²) in [7, 11) is 0. The van der Waals surface area contributed by atoms with Crippen LogP contribution in [0.3, 0.4) is 0 Å². The smallest absolute Gasteiger partial charge is 0.0468 e. The number of aliphatic hydroxyl groups is 1. The quantitative estimate of drug-likeness (QED) is 0.585. The van der Waals surface area contributed by atoms with Crippen LogP contribution in [0.2, 0.25) is 0 Å². The van der Waals surface area contributed by atoms with E-state index < -0.39 is 0 Å². The summed E-state index contributed by atoms with van der Waals surface area (Å²) in [5, 5.41) is 8.63. The molecule has 1 heteroatoms. The summed E-state index contributed by atoms with van der Waals surface area (Å²) in [5.41, 5.74) is 1.39. The van der Waals surface area contributed by atoms with Gasteiger partial charge in [-0.15, -0.1) is 0 Å². The second kappa shape index (κ2) is 6.81. The Bertz CT molecular complexity index is 94.9. The molecule has 1 N–H and O–H groups in total. The van der Waals surface area contributed by atoms with E-state index in [1.165, 1.54) is 18.4 Å². The van der Waals surface area contributed by atoms with E-state index in [0.29, 0.717) is 6.61 Å². The summed E-state index contributed by atoms with van der Waals surface area (Å²) in [5.74, 6) is 0. The van der Waals surface area contributed by atoms with E-state index in [0.717, 1.165) is 12.8 Å². The molecule has 0 fully saturated rings. The molecule has 0 heterocycles. The van der Waals surface area contributed by atoms with Gasteiger partial charge >= 0.3 is 0 Å². The van der Waals surface area contributed by atoms with Gasteiger partial charge in [0.2, 0.25) is 0 Å². The van der Waals surface area contributed by atoms with E-state index in [1.54, 1.807) is 0 Å². The minimum absolute atomic E-state index is 0.295. The number of rotatable bonds is 5. The van der Waals surface area contributed by atoms with Gasteiger partial charge in [-0.25, -0.2) is 0 Å². The van der Waals surface area contributed by atoms with E-state index in [-0.39, 0.29) is 0 Å². The van der Waals surface area contributed by atoms with Crippen LogP contribution in [0.15, 0.2) is 11.6 Å². The Morgan fingerprint density at radius 3 is 2.50 bits per heavy atom. The summed E-state index contributed by atoms with van der Waals surface area (Å²) in [6, 6.07) is 0. The van der Waals surface area contributed by atoms with E-state index in [2.05, 4.69) is 13.0 Å². The van der Waals surface area contributed by atoms with Crippen molar-refractivity contribution in [3.8, 4) is 0 Å². The number of hydrogen-bond acceptors (Lipinski definition) is 1. The van der Waals surface area contributed by atoms with Gasteiger partial charge in [0.05, 0.1) is 0 Å². The van der Waals surface area contributed by atoms with Crippen molar-refractivity contribution in [2.75, 3.05) is 6.61 Å². The van der Waals surface area contributed by atoms with Crippen LogP contribution in [0.4, 0.5) is 0 Å². The maximum absolute atomic E-state index is 8.63. The molecule has 1 nitrogen and oxygen atoms in total. The average Bonchev–Trinajstić information content (AvgIpc) is 1.98. The van der Waals surface area contributed by atoms with Crippen LogP contribution in [0.1, 0.15) is 39.5 Å². The van der Waals surface area contributed by atoms with Gasteiger partial charge < -0.3 is 5.11 Å². The highest BCUT2D eigenvalue weighted by molar-refractivity contribution is 4.99. The van der Waals surface area contributed by atoms with Crippen molar-refractivity contribution < 1.29 is 5.11 Å². The molecule has 0 aromatic rings. The molecule has 0 amide bonds. The fourth-order valence-electron chi connectivity index (χ4n) is 0.961. The Morgan fingerprint density at radius 2 is 2.10 bits per heavy atom. The maximum atomic E-state index is 8.63. The third-order valence-corrected chi connectivity index (χ3v) is 1.69. The van der Waals surface area contributed by atoms with Crippen LogP contribution in [-0.4, -0.2) is 11.7 Å². The summed E-state index contributed by atoms with van der Waals surface area (Å²) in [6.45, 7) is 4.52. The first-order chi connectivity index (χ1) is 4.85. The zero-order valence-corrected chi connectivity index (χ0v) is 7.06. The van der Waals surface area contributed by atoms with Gasteiger partial charge in [-0.2, -0.15) is 0 Å². The highest BCUT2D eigenvalue weighted by Crippen LogP contribution is 2.09. The maximum Gasteiger partial charge on any atom is 0.0468 e. The molecule has 10 heavy (non-hydrogen) atoms. The molecule has 0 aliphatic carbocycles. The predicted octanol–water partition coefficient (Wildman–Crippen LogP) is 2.51. The molecule has 0 aliphatic rings. The van der Waals surface area contributed by atoms with Crippen molar-refractivity contribution in [2.45, 2.75) is 39.5 Å². The first-order valence-electron chi connectivity index (χ1n) is 4.10. The number of unbranched alkanes of at least 4 members (excludes halogenated alkanes) is 1. The molecule has 0 bridgehead atoms. The number of aliphatic hydroxyl groups excluding tert-OH is 1. The van der Waals surface area contributed by atoms with Crippen LogP contribution in [-0.2, 0) is 0 Å². The van der Waals surface area contributed by atoms with Gasteiger partial charge in [-0.1, -0.05) is 25.0 Å². The van der Waals surface area contributed by atoms with Gasteiger partial charge in [0.15, 0.2) is 0 Å². The second-order valence-corrected chi connectivity index (χ2v) is 2.52. The molecule has 0 saturated heterocycles. The first-order valence-corrected chi connectivity index (χ1v) is 4.10. The molecule has 0 spiro atoms. The van der Waals surface area contributed by atoms with E-state index in [9.17, 15) is 0 Å². The number of hydrogen-bond donors (Lipinski definition) is 1. The lowest BCUT2D eigenvalue weighted by atomic mass is 10.1. The van der Waals surface area contributed by atoms with E-state index in [4.69, 9.17) is 5.11 Å². The first kappa shape index (κ1) is 9.70. The molecular weight excluding hydrogens is 124 g/mol. The van der Waals surface area contributed by atoms with Gasteiger partial charge in [0, 0.05) is 6.61 Å². The predicted molar refractivity (Wildman–Crippen MR) is 45.0 cm³/mol. The lowest BCUT2D eigenvalue weighted by Crippen LogP contribution is -1.88. The van der Waals surface area contributed by atoms with Gasteiger partial charge in [-0.05, 0) is 26.2 Å². The van der Waals surface area contributed by atoms with Crippen LogP contribution < -0.4 is 0 Å². The summed E-state index contributed by atoms with van der Waals surface area (Å²) in [4.78, 5) is 0. The summed E-state index contributed by atoms with van der Waals surface area (Å²) < 4.78 is 0. The largest absolute Gasteiger partial charge is 0.396 e. The molecular formula is C9H18O. The van der Waals surface area contributed by atoms with E-state index >= 15 is 0 Å². The molecule has 0 atom stereocenters. The van der Waals surface area contributed by atoms with Crippen LogP contribution in [0.5, 0.6) is 0 Å². The SMILES string of the molecule is C/C=C(\CCO)CCCC. The van der Waals surface area contributed by atoms with Crippen LogP contribution in [0, 0.1) is 0 Å². The normalized spacial score (nSPS) is 12.1. The zero-order valence-electron chi connectivity index (χ0n) is 7.06. The Hall–Kier alpha value is -0.300.